The molecule has 105 heavy (non-hydrogen) atoms. The molecule has 24 heteroatoms. The van der Waals surface area contributed by atoms with Crippen molar-refractivity contribution in [1.82, 2.24) is 0 Å². The number of ether oxygens (including phenoxy) is 15. The van der Waals surface area contributed by atoms with Gasteiger partial charge in [-0.25, -0.2) is 43.2 Å². The molecule has 0 heterocycles. The zero-order chi connectivity index (χ0) is 82.2. The molecule has 0 bridgehead atoms. The molecule has 0 aliphatic heterocycles. The summed E-state index contributed by atoms with van der Waals surface area (Å²) in [6, 6.07) is 23.8. The van der Waals surface area contributed by atoms with Crippen molar-refractivity contribution in [3.8, 4) is 0 Å². The molecular weight excluding hydrogens is 1360 g/mol. The number of hydrogen-bond donors (Lipinski definition) is 0. The second-order valence-electron chi connectivity index (χ2n) is 27.2. The Hall–Kier alpha value is -8.31. The first-order valence-corrected chi connectivity index (χ1v) is 36.5. The monoisotopic (exact) mass is 1490 g/mol. The minimum atomic E-state index is -0.610. The predicted octanol–water partition coefficient (Wildman–Crippen LogP) is 20.6. The minimum Gasteiger partial charge on any atom is -0.462 e. The van der Waals surface area contributed by atoms with E-state index in [1.54, 1.807) is 50.2 Å². The van der Waals surface area contributed by atoms with Crippen LogP contribution in [0.3, 0.4) is 0 Å². The standard InChI is InChI=1S/C13H18O2.C12H16O2.C11H14O2.C9H18O3.2C8H16O3.2C7H14O3.C6H12O3/c1-9(2)11(4)15-13(14)12-7-5-10(3)6-8-12;1-9(2)8-14-12(13)11-6-4-10(3)5-7-11;1-9(2)8-13-11(12)10-6-4-3-5-7-10;1-5-6-11-9(10)12-8(4)7(2)3;1-5-10-8(9)11-7(4)6(2)3;1-4-5-10-8(9)11-6-7(2)3;1-5(2)6(3)10-7(8)9-4;1-4-9-7(8)10-5-6(2)3;1-5(2)4-9-6(7)8-3/h5-9,11H,1-4H3;4-7,9H,8H2,1-3H3;3-7,9H,8H2,1-2H3;7-8H,5-6H2,1-4H3;6-7H,5H2,1-4H3;7H,4-6H2,1-3H3;5-6H,1-4H3;6H,4-5H2,1-3H3;5H,4H2,1-3H3. The molecule has 3 rings (SSSR count). The Balaban J connectivity index is -0.000000264. The molecule has 4 atom stereocenters. The van der Waals surface area contributed by atoms with E-state index in [1.165, 1.54) is 14.2 Å². The van der Waals surface area contributed by atoms with E-state index in [1.807, 2.05) is 222 Å². The van der Waals surface area contributed by atoms with Crippen molar-refractivity contribution in [2.75, 3.05) is 73.7 Å². The van der Waals surface area contributed by atoms with E-state index in [2.05, 4.69) is 33.2 Å². The van der Waals surface area contributed by atoms with Gasteiger partial charge < -0.3 is 71.1 Å². The molecule has 0 aromatic heterocycles. The topological polar surface area (TPSA) is 292 Å². The van der Waals surface area contributed by atoms with Crippen LogP contribution in [0, 0.1) is 67.1 Å². The summed E-state index contributed by atoms with van der Waals surface area (Å²) in [5.74, 6) is 2.48. The van der Waals surface area contributed by atoms with Gasteiger partial charge in [0.15, 0.2) is 0 Å². The van der Waals surface area contributed by atoms with Crippen LogP contribution in [0.25, 0.3) is 0 Å². The Morgan fingerprint density at radius 2 is 0.533 bits per heavy atom. The average Bonchev–Trinajstić information content (AvgIpc) is 0.898. The van der Waals surface area contributed by atoms with Crippen molar-refractivity contribution < 1.29 is 114 Å². The maximum absolute atomic E-state index is 11.6. The van der Waals surface area contributed by atoms with Crippen LogP contribution < -0.4 is 0 Å². The van der Waals surface area contributed by atoms with E-state index < -0.39 is 36.9 Å². The molecule has 4 unspecified atom stereocenters. The van der Waals surface area contributed by atoms with Crippen molar-refractivity contribution in [2.45, 2.75) is 231 Å². The van der Waals surface area contributed by atoms with Crippen molar-refractivity contribution in [3.05, 3.63) is 107 Å². The van der Waals surface area contributed by atoms with Crippen LogP contribution in [-0.2, 0) is 71.1 Å². The van der Waals surface area contributed by atoms with Crippen LogP contribution in [0.2, 0.25) is 0 Å². The lowest BCUT2D eigenvalue weighted by Crippen LogP contribution is -2.21. The number of aryl methyl sites for hydroxylation is 2. The molecule has 606 valence electrons. The third-order valence-corrected chi connectivity index (χ3v) is 12.9. The molecule has 24 nitrogen and oxygen atoms in total. The van der Waals surface area contributed by atoms with Crippen LogP contribution in [-0.4, -0.2) is 153 Å². The van der Waals surface area contributed by atoms with Gasteiger partial charge in [-0.05, 0) is 158 Å². The number of carbonyl (C=O) groups is 9. The third kappa shape index (κ3) is 73.8. The van der Waals surface area contributed by atoms with Gasteiger partial charge in [-0.1, -0.05) is 192 Å². The van der Waals surface area contributed by atoms with Crippen molar-refractivity contribution >= 4 is 54.8 Å². The number of methoxy groups -OCH3 is 2. The first kappa shape index (κ1) is 108. The van der Waals surface area contributed by atoms with Crippen LogP contribution in [0.4, 0.5) is 28.8 Å². The van der Waals surface area contributed by atoms with E-state index in [4.69, 9.17) is 37.9 Å². The first-order valence-electron chi connectivity index (χ1n) is 36.5. The molecule has 0 aliphatic carbocycles. The quantitative estimate of drug-likeness (QED) is 0.0506. The summed E-state index contributed by atoms with van der Waals surface area (Å²) < 4.78 is 71.2. The van der Waals surface area contributed by atoms with Crippen LogP contribution >= 0.6 is 0 Å². The number of rotatable bonds is 27. The second kappa shape index (κ2) is 68.8. The lowest BCUT2D eigenvalue weighted by Gasteiger charge is -2.16. The summed E-state index contributed by atoms with van der Waals surface area (Å²) in [7, 11) is 2.60. The van der Waals surface area contributed by atoms with Gasteiger partial charge in [0, 0.05) is 0 Å². The molecule has 0 fully saturated rings. The van der Waals surface area contributed by atoms with Gasteiger partial charge in [-0.3, -0.25) is 0 Å². The number of benzene rings is 3. The molecule has 3 aromatic rings. The van der Waals surface area contributed by atoms with Gasteiger partial charge >= 0.3 is 54.8 Å². The van der Waals surface area contributed by atoms with Gasteiger partial charge in [0.2, 0.25) is 0 Å². The van der Waals surface area contributed by atoms with E-state index in [-0.39, 0.29) is 42.3 Å². The Kier molecular flexibility index (Phi) is 70.5. The van der Waals surface area contributed by atoms with Gasteiger partial charge in [0.1, 0.15) is 24.4 Å². The lowest BCUT2D eigenvalue weighted by molar-refractivity contribution is 0.0145. The molecule has 0 aliphatic rings. The first-order chi connectivity index (χ1) is 49.0. The fourth-order valence-corrected chi connectivity index (χ4v) is 5.41. The highest BCUT2D eigenvalue weighted by Gasteiger charge is 2.17. The van der Waals surface area contributed by atoms with Crippen molar-refractivity contribution in [2.24, 2.45) is 53.3 Å². The van der Waals surface area contributed by atoms with E-state index in [0.29, 0.717) is 129 Å². The van der Waals surface area contributed by atoms with Gasteiger partial charge in [0.25, 0.3) is 0 Å². The highest BCUT2D eigenvalue weighted by atomic mass is 16.8. The van der Waals surface area contributed by atoms with Crippen LogP contribution in [0.15, 0.2) is 78.9 Å². The summed E-state index contributed by atoms with van der Waals surface area (Å²) in [5.41, 5.74) is 4.14. The normalized spacial score (nSPS) is 11.2. The summed E-state index contributed by atoms with van der Waals surface area (Å²) in [6.45, 7) is 58.6. The zero-order valence-corrected chi connectivity index (χ0v) is 69.6. The fraction of sp³-hybridized carbons (Fsp3) is 0.667. The predicted molar refractivity (Wildman–Crippen MR) is 409 cm³/mol. The van der Waals surface area contributed by atoms with E-state index in [9.17, 15) is 43.2 Å². The summed E-state index contributed by atoms with van der Waals surface area (Å²) in [6.07, 6.45) is -2.09. The smallest absolute Gasteiger partial charge is 0.462 e. The summed E-state index contributed by atoms with van der Waals surface area (Å²) >= 11 is 0. The molecule has 0 saturated carbocycles. The Labute approximate surface area is 631 Å². The van der Waals surface area contributed by atoms with Crippen LogP contribution in [0.5, 0.6) is 0 Å². The Morgan fingerprint density at radius 1 is 0.276 bits per heavy atom. The Bertz CT molecular complexity index is 2650. The highest BCUT2D eigenvalue weighted by Crippen LogP contribution is 2.13. The molecule has 0 saturated heterocycles. The third-order valence-electron chi connectivity index (χ3n) is 12.9. The molecule has 0 radical (unpaired) electrons. The second-order valence-corrected chi connectivity index (χ2v) is 27.2. The van der Waals surface area contributed by atoms with E-state index >= 15 is 0 Å². The van der Waals surface area contributed by atoms with Crippen molar-refractivity contribution in [1.29, 1.82) is 0 Å². The van der Waals surface area contributed by atoms with Crippen molar-refractivity contribution in [3.63, 3.8) is 0 Å². The maximum atomic E-state index is 11.6. The van der Waals surface area contributed by atoms with E-state index in [0.717, 1.165) is 24.0 Å². The summed E-state index contributed by atoms with van der Waals surface area (Å²) in [5, 5.41) is 0. The van der Waals surface area contributed by atoms with Gasteiger partial charge in [0.05, 0.1) is 90.4 Å². The molecule has 0 amide bonds. The molecular formula is C81H138O24. The Morgan fingerprint density at radius 3 is 0.838 bits per heavy atom. The SMILES string of the molecule is CC(C)COC(=O)c1ccccc1.CCCOC(=O)OC(C)C(C)C.CCCOC(=O)OCC(C)C.CCOC(=O)OC(C)C(C)C.CCOC(=O)OCC(C)C.COC(=O)OC(C)C(C)C.COC(=O)OCC(C)C.Cc1ccc(C(=O)OC(C)C(C)C)cc1.Cc1ccc(C(=O)OCC(C)C)cc1. The minimum absolute atomic E-state index is 0.0428. The largest absolute Gasteiger partial charge is 0.508 e. The highest BCUT2D eigenvalue weighted by molar-refractivity contribution is 5.90. The number of carbonyl (C=O) groups excluding carboxylic acids is 9. The number of hydrogen-bond acceptors (Lipinski definition) is 24. The van der Waals surface area contributed by atoms with Gasteiger partial charge in [-0.15, -0.1) is 0 Å². The zero-order valence-electron chi connectivity index (χ0n) is 69.6. The van der Waals surface area contributed by atoms with Crippen LogP contribution in [0.1, 0.15) is 235 Å². The molecule has 3 aromatic carbocycles. The van der Waals surface area contributed by atoms with Gasteiger partial charge in [-0.2, -0.15) is 0 Å². The lowest BCUT2D eigenvalue weighted by atomic mass is 10.1. The molecule has 0 spiro atoms. The summed E-state index contributed by atoms with van der Waals surface area (Å²) in [4.78, 5) is 97.9. The average molecular weight is 1500 g/mol. The number of esters is 3. The maximum Gasteiger partial charge on any atom is 0.508 e. The molecule has 0 N–H and O–H groups in total. The fourth-order valence-electron chi connectivity index (χ4n) is 5.41.